The van der Waals surface area contributed by atoms with Crippen LogP contribution in [0, 0.1) is 0 Å². The number of amides is 2. The van der Waals surface area contributed by atoms with Crippen LogP contribution in [0.1, 0.15) is 42.5 Å². The van der Waals surface area contributed by atoms with Crippen molar-refractivity contribution >= 4 is 23.2 Å². The molecule has 5 nitrogen and oxygen atoms in total. The molecule has 152 valence electrons. The smallest absolute Gasteiger partial charge is 0.224 e. The normalized spacial score (nSPS) is 23.1. The number of fused-ring (bicyclic) bond motifs is 2. The molecule has 29 heavy (non-hydrogen) atoms. The van der Waals surface area contributed by atoms with Gasteiger partial charge >= 0.3 is 0 Å². The molecule has 2 fully saturated rings. The number of benzene rings is 1. The minimum absolute atomic E-state index is 0.00847. The van der Waals surface area contributed by atoms with Crippen LogP contribution in [-0.2, 0) is 26.3 Å². The van der Waals surface area contributed by atoms with Crippen molar-refractivity contribution < 1.29 is 14.3 Å². The molecule has 1 aromatic heterocycles. The SMILES string of the molecule is O=C1CC[C@@H](CC(=O)N2CCC3(CC2)OCCc2cc(-c4ccccc4)sc23)N1. The molecule has 1 atom stereocenters. The van der Waals surface area contributed by atoms with E-state index in [9.17, 15) is 9.59 Å². The average molecular weight is 411 g/mol. The highest BCUT2D eigenvalue weighted by atomic mass is 32.1. The number of piperidine rings is 1. The lowest BCUT2D eigenvalue weighted by atomic mass is 9.85. The summed E-state index contributed by atoms with van der Waals surface area (Å²) in [5.41, 5.74) is 2.42. The fourth-order valence-corrected chi connectivity index (χ4v) is 6.24. The number of rotatable bonds is 3. The van der Waals surface area contributed by atoms with E-state index in [0.717, 1.165) is 45.4 Å². The Hall–Kier alpha value is -2.18. The summed E-state index contributed by atoms with van der Waals surface area (Å²) in [5, 5.41) is 2.90. The van der Waals surface area contributed by atoms with Crippen LogP contribution in [0.4, 0.5) is 0 Å². The van der Waals surface area contributed by atoms with Gasteiger partial charge < -0.3 is 15.0 Å². The number of nitrogens with one attached hydrogen (secondary N) is 1. The first-order valence-electron chi connectivity index (χ1n) is 10.5. The number of ether oxygens (including phenoxy) is 1. The maximum Gasteiger partial charge on any atom is 0.224 e. The van der Waals surface area contributed by atoms with E-state index in [1.807, 2.05) is 22.3 Å². The van der Waals surface area contributed by atoms with Crippen LogP contribution < -0.4 is 5.32 Å². The van der Waals surface area contributed by atoms with Gasteiger partial charge in [-0.1, -0.05) is 30.3 Å². The summed E-state index contributed by atoms with van der Waals surface area (Å²) in [5.74, 6) is 0.217. The summed E-state index contributed by atoms with van der Waals surface area (Å²) in [7, 11) is 0. The van der Waals surface area contributed by atoms with E-state index >= 15 is 0 Å². The molecule has 0 aliphatic carbocycles. The van der Waals surface area contributed by atoms with Crippen LogP contribution in [0.2, 0.25) is 0 Å². The molecule has 6 heteroatoms. The highest BCUT2D eigenvalue weighted by Gasteiger charge is 2.43. The second-order valence-electron chi connectivity index (χ2n) is 8.31. The van der Waals surface area contributed by atoms with Gasteiger partial charge in [0.25, 0.3) is 0 Å². The summed E-state index contributed by atoms with van der Waals surface area (Å²) in [6, 6.07) is 12.9. The molecule has 1 aromatic carbocycles. The van der Waals surface area contributed by atoms with E-state index in [1.165, 1.54) is 20.9 Å². The van der Waals surface area contributed by atoms with Gasteiger partial charge in [0.1, 0.15) is 5.60 Å². The highest BCUT2D eigenvalue weighted by Crippen LogP contribution is 2.47. The molecule has 0 bridgehead atoms. The summed E-state index contributed by atoms with van der Waals surface area (Å²) in [6.07, 6.45) is 4.38. The Balaban J connectivity index is 1.29. The van der Waals surface area contributed by atoms with Crippen molar-refractivity contribution in [1.29, 1.82) is 0 Å². The lowest BCUT2D eigenvalue weighted by Gasteiger charge is -2.43. The zero-order valence-electron chi connectivity index (χ0n) is 16.5. The molecule has 4 heterocycles. The van der Waals surface area contributed by atoms with Crippen LogP contribution in [0.15, 0.2) is 36.4 Å². The van der Waals surface area contributed by atoms with Crippen LogP contribution >= 0.6 is 11.3 Å². The Morgan fingerprint density at radius 2 is 2.00 bits per heavy atom. The highest BCUT2D eigenvalue weighted by molar-refractivity contribution is 7.15. The quantitative estimate of drug-likeness (QED) is 0.843. The van der Waals surface area contributed by atoms with Crippen LogP contribution in [-0.4, -0.2) is 42.5 Å². The first-order chi connectivity index (χ1) is 14.1. The van der Waals surface area contributed by atoms with E-state index in [4.69, 9.17) is 4.74 Å². The number of hydrogen-bond donors (Lipinski definition) is 1. The molecule has 0 unspecified atom stereocenters. The van der Waals surface area contributed by atoms with Crippen molar-refractivity contribution in [3.05, 3.63) is 46.8 Å². The maximum atomic E-state index is 12.7. The fourth-order valence-electron chi connectivity index (χ4n) is 4.83. The van der Waals surface area contributed by atoms with Gasteiger partial charge in [-0.15, -0.1) is 11.3 Å². The number of likely N-dealkylation sites (tertiary alicyclic amines) is 1. The minimum Gasteiger partial charge on any atom is -0.369 e. The minimum atomic E-state index is -0.246. The van der Waals surface area contributed by atoms with Gasteiger partial charge in [-0.3, -0.25) is 9.59 Å². The molecule has 0 radical (unpaired) electrons. The van der Waals surface area contributed by atoms with Crippen molar-refractivity contribution in [1.82, 2.24) is 10.2 Å². The van der Waals surface area contributed by atoms with Crippen LogP contribution in [0.25, 0.3) is 10.4 Å². The number of hydrogen-bond acceptors (Lipinski definition) is 4. The first kappa shape index (κ1) is 18.8. The van der Waals surface area contributed by atoms with Crippen molar-refractivity contribution in [2.24, 2.45) is 0 Å². The molecule has 5 rings (SSSR count). The van der Waals surface area contributed by atoms with Crippen molar-refractivity contribution in [2.75, 3.05) is 19.7 Å². The van der Waals surface area contributed by atoms with Crippen molar-refractivity contribution in [3.63, 3.8) is 0 Å². The van der Waals surface area contributed by atoms with E-state index < -0.39 is 0 Å². The molecule has 2 aromatic rings. The molecule has 1 N–H and O–H groups in total. The second-order valence-corrected chi connectivity index (χ2v) is 9.36. The van der Waals surface area contributed by atoms with E-state index in [0.29, 0.717) is 12.8 Å². The molecule has 1 spiro atoms. The first-order valence-corrected chi connectivity index (χ1v) is 11.3. The third kappa shape index (κ3) is 3.60. The van der Waals surface area contributed by atoms with Crippen LogP contribution in [0.5, 0.6) is 0 Å². The lowest BCUT2D eigenvalue weighted by Crippen LogP contribution is -2.48. The number of thiophene rings is 1. The number of carbonyl (C=O) groups is 2. The largest absolute Gasteiger partial charge is 0.369 e. The molecule has 0 saturated carbocycles. The van der Waals surface area contributed by atoms with E-state index in [2.05, 4.69) is 35.6 Å². The van der Waals surface area contributed by atoms with Gasteiger partial charge in [0.05, 0.1) is 6.61 Å². The van der Waals surface area contributed by atoms with E-state index in [-0.39, 0.29) is 23.5 Å². The summed E-state index contributed by atoms with van der Waals surface area (Å²) in [6.45, 7) is 2.19. The molecular weight excluding hydrogens is 384 g/mol. The van der Waals surface area contributed by atoms with Gasteiger partial charge in [-0.2, -0.15) is 0 Å². The Labute approximate surface area is 175 Å². The van der Waals surface area contributed by atoms with Crippen molar-refractivity contribution in [3.8, 4) is 10.4 Å². The monoisotopic (exact) mass is 410 g/mol. The zero-order chi connectivity index (χ0) is 19.8. The molecular formula is C23H26N2O3S. The Kier molecular flexibility index (Phi) is 4.92. The summed E-state index contributed by atoms with van der Waals surface area (Å²) < 4.78 is 6.37. The van der Waals surface area contributed by atoms with Gasteiger partial charge in [0.2, 0.25) is 11.8 Å². The van der Waals surface area contributed by atoms with Crippen molar-refractivity contribution in [2.45, 2.75) is 50.2 Å². The summed E-state index contributed by atoms with van der Waals surface area (Å²) >= 11 is 1.85. The molecule has 3 aliphatic heterocycles. The fraction of sp³-hybridized carbons (Fsp3) is 0.478. The third-order valence-corrected chi connectivity index (χ3v) is 7.87. The Bertz CT molecular complexity index is 915. The predicted molar refractivity (Wildman–Crippen MR) is 113 cm³/mol. The lowest BCUT2D eigenvalue weighted by molar-refractivity contribution is -0.140. The van der Waals surface area contributed by atoms with Gasteiger partial charge in [-0.05, 0) is 42.9 Å². The zero-order valence-corrected chi connectivity index (χ0v) is 17.3. The van der Waals surface area contributed by atoms with Gasteiger partial charge in [0.15, 0.2) is 0 Å². The summed E-state index contributed by atoms with van der Waals surface area (Å²) in [4.78, 5) is 28.7. The average Bonchev–Trinajstić information content (AvgIpc) is 3.36. The number of nitrogens with zero attached hydrogens (tertiary/aromatic N) is 1. The standard InChI is InChI=1S/C23H26N2O3S/c26-20-7-6-18(24-20)15-21(27)25-11-9-23(10-12-25)22-17(8-13-28-23)14-19(29-22)16-4-2-1-3-5-16/h1-5,14,18H,6-13,15H2,(H,24,26)/t18-/m0/s1. The maximum absolute atomic E-state index is 12.7. The number of carbonyl (C=O) groups excluding carboxylic acids is 2. The van der Waals surface area contributed by atoms with Gasteiger partial charge in [-0.25, -0.2) is 0 Å². The molecule has 2 amide bonds. The molecule has 3 aliphatic rings. The van der Waals surface area contributed by atoms with E-state index in [1.54, 1.807) is 0 Å². The third-order valence-electron chi connectivity index (χ3n) is 6.46. The Morgan fingerprint density at radius 3 is 2.72 bits per heavy atom. The predicted octanol–water partition coefficient (Wildman–Crippen LogP) is 3.47. The molecule has 2 saturated heterocycles. The second kappa shape index (κ2) is 7.58. The Morgan fingerprint density at radius 1 is 1.21 bits per heavy atom. The van der Waals surface area contributed by atoms with Crippen LogP contribution in [0.3, 0.4) is 0 Å². The van der Waals surface area contributed by atoms with Gasteiger partial charge in [0, 0.05) is 41.7 Å². The topological polar surface area (TPSA) is 58.6 Å².